The smallest absolute Gasteiger partial charge is 0.323 e. The summed E-state index contributed by atoms with van der Waals surface area (Å²) in [6, 6.07) is -0.818. The molecule has 1 heterocycles. The Labute approximate surface area is 89.5 Å². The van der Waals surface area contributed by atoms with Gasteiger partial charge in [0, 0.05) is 5.92 Å². The molecular weight excluding hydrogens is 198 g/mol. The predicted molar refractivity (Wildman–Crippen MR) is 54.1 cm³/mol. The van der Waals surface area contributed by atoms with Gasteiger partial charge in [0.2, 0.25) is 0 Å². The van der Waals surface area contributed by atoms with Crippen molar-refractivity contribution in [3.8, 4) is 0 Å². The molecule has 0 aromatic rings. The van der Waals surface area contributed by atoms with Crippen LogP contribution < -0.4 is 5.73 Å². The zero-order valence-corrected chi connectivity index (χ0v) is 9.40. The Kier molecular flexibility index (Phi) is 3.70. The van der Waals surface area contributed by atoms with Crippen molar-refractivity contribution in [2.24, 2.45) is 11.7 Å². The van der Waals surface area contributed by atoms with Crippen LogP contribution in [0.1, 0.15) is 20.8 Å². The van der Waals surface area contributed by atoms with E-state index in [1.165, 1.54) is 0 Å². The van der Waals surface area contributed by atoms with Crippen molar-refractivity contribution >= 4 is 5.97 Å². The molecular formula is C10H19NO4. The fourth-order valence-corrected chi connectivity index (χ4v) is 1.45. The van der Waals surface area contributed by atoms with Crippen LogP contribution in [0.2, 0.25) is 0 Å². The number of aliphatic hydroxyl groups excluding tert-OH is 1. The average molecular weight is 217 g/mol. The van der Waals surface area contributed by atoms with Gasteiger partial charge in [0.1, 0.15) is 11.6 Å². The third-order valence-electron chi connectivity index (χ3n) is 2.23. The van der Waals surface area contributed by atoms with Crippen LogP contribution in [0.15, 0.2) is 0 Å². The topological polar surface area (TPSA) is 81.8 Å². The highest BCUT2D eigenvalue weighted by Gasteiger charge is 2.37. The molecule has 0 spiro atoms. The molecule has 5 heteroatoms. The number of nitrogens with two attached hydrogens (primary N) is 1. The first-order valence-corrected chi connectivity index (χ1v) is 5.05. The van der Waals surface area contributed by atoms with Crippen LogP contribution in [0.4, 0.5) is 0 Å². The molecule has 1 fully saturated rings. The normalized spacial score (nSPS) is 28.9. The molecule has 3 atom stereocenters. The van der Waals surface area contributed by atoms with Gasteiger partial charge in [-0.05, 0) is 20.8 Å². The van der Waals surface area contributed by atoms with Gasteiger partial charge >= 0.3 is 5.97 Å². The Balaban J connectivity index is 2.52. The number of hydrogen-bond donors (Lipinski definition) is 2. The second-order valence-electron chi connectivity index (χ2n) is 4.83. The first-order chi connectivity index (χ1) is 6.81. The quantitative estimate of drug-likeness (QED) is 0.618. The van der Waals surface area contributed by atoms with Crippen molar-refractivity contribution < 1.29 is 19.4 Å². The first-order valence-electron chi connectivity index (χ1n) is 5.05. The van der Waals surface area contributed by atoms with Crippen molar-refractivity contribution in [3.05, 3.63) is 0 Å². The molecule has 1 aliphatic heterocycles. The molecule has 5 nitrogen and oxygen atoms in total. The van der Waals surface area contributed by atoms with Crippen LogP contribution in [-0.2, 0) is 14.3 Å². The molecule has 0 saturated carbocycles. The van der Waals surface area contributed by atoms with E-state index in [9.17, 15) is 9.90 Å². The van der Waals surface area contributed by atoms with E-state index >= 15 is 0 Å². The summed E-state index contributed by atoms with van der Waals surface area (Å²) in [6.07, 6.45) is -0.674. The molecule has 0 radical (unpaired) electrons. The Morgan fingerprint density at radius 3 is 2.53 bits per heavy atom. The molecule has 0 aliphatic carbocycles. The van der Waals surface area contributed by atoms with Gasteiger partial charge in [-0.3, -0.25) is 4.79 Å². The highest BCUT2D eigenvalue weighted by molar-refractivity contribution is 5.76. The van der Waals surface area contributed by atoms with E-state index in [0.29, 0.717) is 6.61 Å². The maximum atomic E-state index is 11.6. The van der Waals surface area contributed by atoms with Gasteiger partial charge in [0.15, 0.2) is 0 Å². The minimum atomic E-state index is -0.818. The van der Waals surface area contributed by atoms with Crippen molar-refractivity contribution in [3.63, 3.8) is 0 Å². The predicted octanol–water partition coefficient (Wildman–Crippen LogP) is -0.337. The van der Waals surface area contributed by atoms with E-state index in [-0.39, 0.29) is 12.5 Å². The van der Waals surface area contributed by atoms with E-state index in [0.717, 1.165) is 0 Å². The van der Waals surface area contributed by atoms with Gasteiger partial charge in [0.25, 0.3) is 0 Å². The van der Waals surface area contributed by atoms with Crippen molar-refractivity contribution in [2.75, 3.05) is 13.2 Å². The van der Waals surface area contributed by atoms with Gasteiger partial charge in [-0.2, -0.15) is 0 Å². The minimum Gasteiger partial charge on any atom is -0.459 e. The van der Waals surface area contributed by atoms with E-state index in [2.05, 4.69) is 0 Å². The summed E-state index contributed by atoms with van der Waals surface area (Å²) >= 11 is 0. The summed E-state index contributed by atoms with van der Waals surface area (Å²) in [5.41, 5.74) is 5.15. The number of aliphatic hydroxyl groups is 1. The molecule has 15 heavy (non-hydrogen) atoms. The van der Waals surface area contributed by atoms with Crippen molar-refractivity contribution in [1.29, 1.82) is 0 Å². The Bertz CT molecular complexity index is 236. The number of rotatable bonds is 2. The molecule has 0 aromatic carbocycles. The Morgan fingerprint density at radius 2 is 2.13 bits per heavy atom. The molecule has 88 valence electrons. The summed E-state index contributed by atoms with van der Waals surface area (Å²) in [4.78, 5) is 11.6. The van der Waals surface area contributed by atoms with E-state index in [1.807, 2.05) is 0 Å². The van der Waals surface area contributed by atoms with Gasteiger partial charge < -0.3 is 20.3 Å². The minimum absolute atomic E-state index is 0.237. The lowest BCUT2D eigenvalue weighted by molar-refractivity contribution is -0.158. The summed E-state index contributed by atoms with van der Waals surface area (Å²) in [7, 11) is 0. The Morgan fingerprint density at radius 1 is 1.53 bits per heavy atom. The Hall–Kier alpha value is -0.650. The lowest BCUT2D eigenvalue weighted by atomic mass is 9.97. The third-order valence-corrected chi connectivity index (χ3v) is 2.23. The third kappa shape index (κ3) is 3.44. The number of ether oxygens (including phenoxy) is 2. The van der Waals surface area contributed by atoms with Gasteiger partial charge in [-0.1, -0.05) is 0 Å². The van der Waals surface area contributed by atoms with Crippen molar-refractivity contribution in [1.82, 2.24) is 0 Å². The maximum absolute atomic E-state index is 11.6. The summed E-state index contributed by atoms with van der Waals surface area (Å²) in [6.45, 7) is 5.88. The zero-order chi connectivity index (χ0) is 11.6. The lowest BCUT2D eigenvalue weighted by Gasteiger charge is -2.25. The SMILES string of the molecule is CC(C)(C)OC(=O)C(N)[C@H]1COC[C@@H]1O. The van der Waals surface area contributed by atoms with Crippen LogP contribution >= 0.6 is 0 Å². The van der Waals surface area contributed by atoms with Crippen LogP contribution in [0, 0.1) is 5.92 Å². The molecule has 3 N–H and O–H groups in total. The van der Waals surface area contributed by atoms with Crippen LogP contribution in [0.25, 0.3) is 0 Å². The maximum Gasteiger partial charge on any atom is 0.323 e. The molecule has 1 aliphatic rings. The molecule has 0 aromatic heterocycles. The fraction of sp³-hybridized carbons (Fsp3) is 0.900. The van der Waals surface area contributed by atoms with Gasteiger partial charge in [-0.15, -0.1) is 0 Å². The van der Waals surface area contributed by atoms with E-state index < -0.39 is 23.7 Å². The summed E-state index contributed by atoms with van der Waals surface area (Å²) < 4.78 is 10.2. The molecule has 1 saturated heterocycles. The van der Waals surface area contributed by atoms with Crippen LogP contribution in [-0.4, -0.2) is 42.0 Å². The molecule has 0 bridgehead atoms. The number of carbonyl (C=O) groups is 1. The summed E-state index contributed by atoms with van der Waals surface area (Å²) in [5.74, 6) is -0.850. The number of carbonyl (C=O) groups excluding carboxylic acids is 1. The lowest BCUT2D eigenvalue weighted by Crippen LogP contribution is -2.46. The van der Waals surface area contributed by atoms with E-state index in [4.69, 9.17) is 15.2 Å². The molecule has 1 rings (SSSR count). The zero-order valence-electron chi connectivity index (χ0n) is 9.40. The number of esters is 1. The number of hydrogen-bond acceptors (Lipinski definition) is 5. The average Bonchev–Trinajstić information content (AvgIpc) is 2.47. The fourth-order valence-electron chi connectivity index (χ4n) is 1.45. The standard InChI is InChI=1S/C10H19NO4/c1-10(2,3)15-9(13)8(11)6-4-14-5-7(6)12/h6-8,12H,4-5,11H2,1-3H3/t6-,7-,8?/m0/s1. The first kappa shape index (κ1) is 12.4. The van der Waals surface area contributed by atoms with Crippen LogP contribution in [0.5, 0.6) is 0 Å². The summed E-state index contributed by atoms with van der Waals surface area (Å²) in [5, 5.41) is 9.49. The largest absolute Gasteiger partial charge is 0.459 e. The van der Waals surface area contributed by atoms with Gasteiger partial charge in [-0.25, -0.2) is 0 Å². The van der Waals surface area contributed by atoms with Crippen molar-refractivity contribution in [2.45, 2.75) is 38.5 Å². The molecule has 1 unspecified atom stereocenters. The van der Waals surface area contributed by atoms with Crippen LogP contribution in [0.3, 0.4) is 0 Å². The molecule has 0 amide bonds. The highest BCUT2D eigenvalue weighted by Crippen LogP contribution is 2.19. The monoisotopic (exact) mass is 217 g/mol. The second-order valence-corrected chi connectivity index (χ2v) is 4.83. The highest BCUT2D eigenvalue weighted by atomic mass is 16.6. The second kappa shape index (κ2) is 4.47. The van der Waals surface area contributed by atoms with Gasteiger partial charge in [0.05, 0.1) is 19.3 Å². The van der Waals surface area contributed by atoms with E-state index in [1.54, 1.807) is 20.8 Å².